The second-order valence-corrected chi connectivity index (χ2v) is 41.6. The topological polar surface area (TPSA) is 114 Å². The summed E-state index contributed by atoms with van der Waals surface area (Å²) in [6.07, 6.45) is 18.4. The molecule has 0 N–H and O–H groups in total. The molecule has 0 atom stereocenters. The average Bonchev–Trinajstić information content (AvgIpc) is 1.59. The minimum Gasteiger partial charge on any atom is -0.509 e. The van der Waals surface area contributed by atoms with Gasteiger partial charge in [-0.15, -0.1) is 182 Å². The Balaban J connectivity index is 0.000000116. The van der Waals surface area contributed by atoms with Crippen LogP contribution in [0.15, 0.2) is 387 Å². The molecule has 150 heavy (non-hydrogen) atoms. The SMILES string of the molecule is CC1(C)c2cccc(n2)-c2[c-]cc(cc2)CCc2cccc3oc4cc(ccc4c23)Cc2c[c-]c(cc2)-c2cccc1n2.[Pt+2].[Pt+2].[Pt+2].[c-]1c2ccc3c4ccccc4n(c13)-c1ccc(cn1)CCc1cccc3c1sc1c(cccc13)Cc1ccnc(c1)-n1c3[c-]c(ccc3c3ccccc31)O2.[c-]1c2cccc1-n1c3[c-]c(ccc3c3ccccc31)-c1ccc(cn1)CCCc1cccc3c1sc1c(cccc13)CCc1ccc-2nc1. The zero-order valence-electron chi connectivity index (χ0n) is 81.8. The van der Waals surface area contributed by atoms with Crippen LogP contribution < -0.4 is 4.74 Å². The molecule has 25 heterocycles. The number of nitrogens with zero attached hydrogens (tertiary/aromatic N) is 9. The van der Waals surface area contributed by atoms with E-state index in [9.17, 15) is 0 Å². The average molecular weight is 2510 g/mol. The number of benzene rings is 15. The quantitative estimate of drug-likeness (QED) is 0.138. The number of aromatic nitrogens is 9. The van der Waals surface area contributed by atoms with Crippen molar-refractivity contribution in [2.45, 2.75) is 89.9 Å². The monoisotopic (exact) mass is 2510 g/mol. The summed E-state index contributed by atoms with van der Waals surface area (Å²) < 4.78 is 25.2. The zero-order chi connectivity index (χ0) is 97.3. The maximum atomic E-state index is 6.61. The largest absolute Gasteiger partial charge is 2.00 e. The molecule has 32 bridgehead atoms. The Morgan fingerprint density at radius 1 is 0.293 bits per heavy atom. The van der Waals surface area contributed by atoms with Gasteiger partial charge in [-0.1, -0.05) is 229 Å². The van der Waals surface area contributed by atoms with E-state index in [0.29, 0.717) is 11.5 Å². The number of furan rings is 1. The Hall–Kier alpha value is -15.3. The second-order valence-electron chi connectivity index (χ2n) is 39.5. The van der Waals surface area contributed by atoms with Gasteiger partial charge in [0, 0.05) is 121 Å². The van der Waals surface area contributed by atoms with E-state index in [-0.39, 0.29) is 68.6 Å². The number of aryl methyl sites for hydroxylation is 8. The van der Waals surface area contributed by atoms with Crippen LogP contribution in [0.2, 0.25) is 0 Å². The van der Waals surface area contributed by atoms with Crippen LogP contribution in [0.4, 0.5) is 0 Å². The molecule has 0 aliphatic carbocycles. The Kier molecular flexibility index (Phi) is 25.5. The molecule has 0 radical (unpaired) electrons. The van der Waals surface area contributed by atoms with Gasteiger partial charge in [-0.05, 0) is 244 Å². The van der Waals surface area contributed by atoms with Crippen molar-refractivity contribution in [3.05, 3.63) is 497 Å². The standard InChI is InChI=1S/C49H30N4OS.C45H31N3S.C40H30N2O.3Pt/c1-3-13-42-36(9-1)38-20-18-34-27-44(38)52(42)46-22-16-30(29-51-46)15-17-32-7-5-11-40-41-12-6-8-33(49(41)55-48(32)40)25-31-23-24-50-47(26-31)53-43-14-4-2-10-37(43)39-21-19-35(54-34)28-45(39)53;1-2-16-42-36(13-1)37-22-21-34-26-43(37)48(42)35-12-4-11-33(25-35)40-24-19-30(28-47-40)17-20-32-10-6-15-39-38-14-5-9-31(44(38)49-45(32)39)8-3-7-29-18-23-41(34)46-27-29;1-40(2)37-10-4-7-33(41-37)29-18-12-26(13-19-29)14-22-31-6-3-9-35-39(31)32-23-17-28(25-36(32)43-35)24-27-15-20-30(21-16-27)34-8-5-11-38(40)42-34;;;/h1-14,16,18-24,26,29H,15,17,25H2;1-2,4-6,9-16,18-19,21-24,27-28H,3,7-8,17,20H2;3-13,15-18,20,23,25H,14,22,24H2,1-2H3;;;/q3*-2;3*+2. The van der Waals surface area contributed by atoms with E-state index in [1.54, 1.807) is 0 Å². The molecule has 726 valence electrons. The Bertz CT molecular complexity index is 9930. The molecule has 0 fully saturated rings. The van der Waals surface area contributed by atoms with Crippen LogP contribution in [0.5, 0.6) is 11.5 Å². The molecule has 0 saturated heterocycles. The molecule has 12 aromatic heterocycles. The minimum atomic E-state index is -0.385. The summed E-state index contributed by atoms with van der Waals surface area (Å²) in [6.45, 7) is 4.38. The Labute approximate surface area is 918 Å². The van der Waals surface area contributed by atoms with Crippen LogP contribution in [-0.4, -0.2) is 43.6 Å². The molecule has 13 aliphatic heterocycles. The molecule has 16 heteroatoms. The second kappa shape index (κ2) is 40.0. The first-order valence-electron chi connectivity index (χ1n) is 50.6. The fourth-order valence-corrected chi connectivity index (χ4v) is 25.2. The third-order valence-electron chi connectivity index (χ3n) is 30.1. The van der Waals surface area contributed by atoms with Crippen LogP contribution >= 0.6 is 22.7 Å². The Morgan fingerprint density at radius 2 is 0.753 bits per heavy atom. The molecule has 0 unspecified atom stereocenters. The maximum absolute atomic E-state index is 6.61. The van der Waals surface area contributed by atoms with Crippen molar-refractivity contribution in [1.82, 2.24) is 43.6 Å². The fourth-order valence-electron chi connectivity index (χ4n) is 22.5. The van der Waals surface area contributed by atoms with Crippen molar-refractivity contribution in [3.8, 4) is 73.9 Å². The van der Waals surface area contributed by atoms with Crippen LogP contribution in [0, 0.1) is 36.4 Å². The molecular formula is C134H91N9O2Pt3S2. The summed E-state index contributed by atoms with van der Waals surface area (Å²) >= 11 is 3.89. The summed E-state index contributed by atoms with van der Waals surface area (Å²) in [7, 11) is 0. The predicted molar refractivity (Wildman–Crippen MR) is 601 cm³/mol. The number of rotatable bonds is 0. The van der Waals surface area contributed by atoms with E-state index in [1.165, 1.54) is 123 Å². The fraction of sp³-hybridized carbons (Fsp3) is 0.104. The summed E-state index contributed by atoms with van der Waals surface area (Å²) in [4.78, 5) is 30.1. The van der Waals surface area contributed by atoms with Crippen LogP contribution in [0.25, 0.3) is 190 Å². The molecule has 11 nitrogen and oxygen atoms in total. The summed E-state index contributed by atoms with van der Waals surface area (Å²) in [5, 5.41) is 14.6. The van der Waals surface area contributed by atoms with E-state index in [4.69, 9.17) is 39.1 Å². The summed E-state index contributed by atoms with van der Waals surface area (Å²) in [6, 6.07) is 149. The van der Waals surface area contributed by atoms with E-state index >= 15 is 0 Å². The van der Waals surface area contributed by atoms with Gasteiger partial charge < -0.3 is 42.8 Å². The molecule has 15 aromatic carbocycles. The first-order chi connectivity index (χ1) is 72.5. The predicted octanol–water partition coefficient (Wildman–Crippen LogP) is 32.6. The third kappa shape index (κ3) is 17.5. The van der Waals surface area contributed by atoms with Gasteiger partial charge in [0.15, 0.2) is 0 Å². The van der Waals surface area contributed by atoms with E-state index in [2.05, 4.69) is 410 Å². The third-order valence-corrected chi connectivity index (χ3v) is 32.8. The molecule has 0 spiro atoms. The van der Waals surface area contributed by atoms with Gasteiger partial charge in [0.25, 0.3) is 0 Å². The first kappa shape index (κ1) is 95.6. The first-order valence-corrected chi connectivity index (χ1v) is 52.3. The number of thiophene rings is 2. The van der Waals surface area contributed by atoms with Crippen molar-refractivity contribution >= 4 is 150 Å². The van der Waals surface area contributed by atoms with Crippen LogP contribution in [-0.2, 0) is 133 Å². The number of ether oxygens (including phenoxy) is 1. The zero-order valence-corrected chi connectivity index (χ0v) is 90.2. The van der Waals surface area contributed by atoms with Gasteiger partial charge in [-0.3, -0.25) is 0 Å². The van der Waals surface area contributed by atoms with Gasteiger partial charge in [0.2, 0.25) is 0 Å². The number of hydrogen-bond donors (Lipinski definition) is 0. The van der Waals surface area contributed by atoms with Crippen LogP contribution in [0.1, 0.15) is 98.4 Å². The summed E-state index contributed by atoms with van der Waals surface area (Å²) in [5.74, 6) is 2.93. The van der Waals surface area contributed by atoms with Crippen molar-refractivity contribution < 1.29 is 72.3 Å². The number of fused-ring (bicyclic) bond motifs is 11. The van der Waals surface area contributed by atoms with Gasteiger partial charge in [0.05, 0.1) is 0 Å². The number of pyridine rings is 6. The minimum absolute atomic E-state index is 0. The Morgan fingerprint density at radius 3 is 1.34 bits per heavy atom. The maximum Gasteiger partial charge on any atom is 2.00 e. The smallest absolute Gasteiger partial charge is 0.509 e. The van der Waals surface area contributed by atoms with Crippen molar-refractivity contribution in [3.63, 3.8) is 0 Å². The van der Waals surface area contributed by atoms with E-state index in [1.807, 2.05) is 59.6 Å². The van der Waals surface area contributed by atoms with Crippen LogP contribution in [0.3, 0.4) is 0 Å². The van der Waals surface area contributed by atoms with Crippen molar-refractivity contribution in [2.24, 2.45) is 0 Å². The van der Waals surface area contributed by atoms with Crippen molar-refractivity contribution in [2.75, 3.05) is 0 Å². The number of para-hydroxylation sites is 3. The van der Waals surface area contributed by atoms with Gasteiger partial charge in [0.1, 0.15) is 22.8 Å². The van der Waals surface area contributed by atoms with Gasteiger partial charge in [-0.2, -0.15) is 12.1 Å². The van der Waals surface area contributed by atoms with Gasteiger partial charge >= 0.3 is 63.2 Å². The number of hydrogen-bond acceptors (Lipinski definition) is 10. The molecular weight excluding hydrogens is 2420 g/mol. The molecule has 13 aliphatic rings. The van der Waals surface area contributed by atoms with Gasteiger partial charge in [-0.25, -0.2) is 9.97 Å². The molecule has 40 rings (SSSR count). The normalized spacial score (nSPS) is 13.2. The molecule has 27 aromatic rings. The van der Waals surface area contributed by atoms with Crippen molar-refractivity contribution in [1.29, 1.82) is 0 Å². The van der Waals surface area contributed by atoms with E-state index < -0.39 is 0 Å². The van der Waals surface area contributed by atoms with E-state index in [0.717, 1.165) is 216 Å². The molecule has 0 amide bonds. The summed E-state index contributed by atoms with van der Waals surface area (Å²) in [5.41, 5.74) is 33.6. The molecule has 0 saturated carbocycles.